The first-order chi connectivity index (χ1) is 12.0. The largest absolute Gasteiger partial charge is 0.508 e. The molecule has 1 aromatic carbocycles. The highest BCUT2D eigenvalue weighted by Gasteiger charge is 2.22. The quantitative estimate of drug-likeness (QED) is 0.601. The van der Waals surface area contributed by atoms with Crippen LogP contribution in [0.3, 0.4) is 0 Å². The number of carbonyl (C=O) groups is 1. The van der Waals surface area contributed by atoms with Crippen molar-refractivity contribution in [1.29, 1.82) is 0 Å². The highest BCUT2D eigenvalue weighted by atomic mass is 35.5. The first kappa shape index (κ1) is 22.9. The molecule has 0 spiro atoms. The van der Waals surface area contributed by atoms with Gasteiger partial charge >= 0.3 is 0 Å². The smallest absolute Gasteiger partial charge is 0.273 e. The molecule has 0 atom stereocenters. The number of halogens is 2. The van der Waals surface area contributed by atoms with Crippen LogP contribution in [0.2, 0.25) is 0 Å². The Morgan fingerprint density at radius 2 is 1.89 bits per heavy atom. The molecule has 27 heavy (non-hydrogen) atoms. The maximum Gasteiger partial charge on any atom is 0.273 e. The molecule has 150 valence electrons. The number of amides is 1. The van der Waals surface area contributed by atoms with E-state index in [0.29, 0.717) is 17.0 Å². The minimum atomic E-state index is -0.294. The number of piperidine rings is 1. The molecular formula is C17H24Cl2N4O4. The summed E-state index contributed by atoms with van der Waals surface area (Å²) in [5.41, 5.74) is 1.09. The van der Waals surface area contributed by atoms with Gasteiger partial charge in [-0.3, -0.25) is 4.79 Å². The summed E-state index contributed by atoms with van der Waals surface area (Å²) in [4.78, 5) is 14.0. The number of nitrogens with one attached hydrogen (secondary N) is 2. The van der Waals surface area contributed by atoms with E-state index in [4.69, 9.17) is 4.52 Å². The molecular weight excluding hydrogens is 395 g/mol. The summed E-state index contributed by atoms with van der Waals surface area (Å²) in [5, 5.41) is 29.9. The standard InChI is InChI=1S/C17H22N4O4.2ClH/c1-21(2)16-12(7-11(22)8-14(16)23)15-9-13(20-25-15)17(24)19-10-3-5-18-6-4-10;;/h7-10,18,22-23H,3-6H2,1-2H3,(H,19,24);2*1H. The highest BCUT2D eigenvalue weighted by molar-refractivity contribution is 5.94. The van der Waals surface area contributed by atoms with E-state index in [2.05, 4.69) is 15.8 Å². The number of rotatable bonds is 4. The van der Waals surface area contributed by atoms with Gasteiger partial charge < -0.3 is 30.3 Å². The molecule has 1 aromatic heterocycles. The maximum atomic E-state index is 12.3. The average molecular weight is 419 g/mol. The van der Waals surface area contributed by atoms with Crippen molar-refractivity contribution in [2.45, 2.75) is 18.9 Å². The van der Waals surface area contributed by atoms with E-state index in [1.54, 1.807) is 19.0 Å². The van der Waals surface area contributed by atoms with Gasteiger partial charge in [-0.15, -0.1) is 24.8 Å². The Morgan fingerprint density at radius 1 is 1.22 bits per heavy atom. The monoisotopic (exact) mass is 418 g/mol. The zero-order valence-corrected chi connectivity index (χ0v) is 16.7. The van der Waals surface area contributed by atoms with E-state index in [1.165, 1.54) is 18.2 Å². The van der Waals surface area contributed by atoms with Crippen molar-refractivity contribution >= 4 is 36.4 Å². The van der Waals surface area contributed by atoms with Gasteiger partial charge in [-0.2, -0.15) is 0 Å². The molecule has 10 heteroatoms. The van der Waals surface area contributed by atoms with E-state index in [9.17, 15) is 15.0 Å². The number of phenols is 2. The van der Waals surface area contributed by atoms with Crippen molar-refractivity contribution in [3.05, 3.63) is 23.9 Å². The third-order valence-corrected chi connectivity index (χ3v) is 4.20. The van der Waals surface area contributed by atoms with Crippen molar-refractivity contribution in [2.24, 2.45) is 0 Å². The summed E-state index contributed by atoms with van der Waals surface area (Å²) in [6.45, 7) is 1.76. The fraction of sp³-hybridized carbons (Fsp3) is 0.412. The second kappa shape index (κ2) is 9.68. The third-order valence-electron chi connectivity index (χ3n) is 4.20. The van der Waals surface area contributed by atoms with Crippen molar-refractivity contribution < 1.29 is 19.5 Å². The lowest BCUT2D eigenvalue weighted by Gasteiger charge is -2.23. The van der Waals surface area contributed by atoms with E-state index >= 15 is 0 Å². The van der Waals surface area contributed by atoms with Gasteiger partial charge in [-0.05, 0) is 32.0 Å². The molecule has 0 saturated carbocycles. The molecule has 3 rings (SSSR count). The molecule has 8 nitrogen and oxygen atoms in total. The minimum Gasteiger partial charge on any atom is -0.508 e. The zero-order chi connectivity index (χ0) is 18.0. The number of carbonyl (C=O) groups excluding carboxylic acids is 1. The molecule has 4 N–H and O–H groups in total. The first-order valence-corrected chi connectivity index (χ1v) is 8.17. The van der Waals surface area contributed by atoms with Crippen molar-refractivity contribution in [3.63, 3.8) is 0 Å². The Balaban J connectivity index is 0.00000182. The predicted molar refractivity (Wildman–Crippen MR) is 107 cm³/mol. The average Bonchev–Trinajstić information content (AvgIpc) is 3.04. The summed E-state index contributed by atoms with van der Waals surface area (Å²) < 4.78 is 5.29. The lowest BCUT2D eigenvalue weighted by molar-refractivity contribution is 0.0920. The molecule has 1 aliphatic heterocycles. The van der Waals surface area contributed by atoms with Crippen molar-refractivity contribution in [3.8, 4) is 22.8 Å². The SMILES string of the molecule is CN(C)c1c(O)cc(O)cc1-c1cc(C(=O)NC2CCNCC2)no1.Cl.Cl. The van der Waals surface area contributed by atoms with Gasteiger partial charge in [0.25, 0.3) is 5.91 Å². The van der Waals surface area contributed by atoms with Gasteiger partial charge in [-0.25, -0.2) is 0 Å². The lowest BCUT2D eigenvalue weighted by Crippen LogP contribution is -2.42. The molecule has 2 aromatic rings. The second-order valence-electron chi connectivity index (χ2n) is 6.33. The number of benzene rings is 1. The van der Waals surface area contributed by atoms with E-state index in [0.717, 1.165) is 25.9 Å². The summed E-state index contributed by atoms with van der Waals surface area (Å²) >= 11 is 0. The number of phenolic OH excluding ortho intramolecular Hbond substituents is 2. The molecule has 0 bridgehead atoms. The van der Waals surface area contributed by atoms with Crippen molar-refractivity contribution in [1.82, 2.24) is 15.8 Å². The molecule has 1 amide bonds. The summed E-state index contributed by atoms with van der Waals surface area (Å²) in [7, 11) is 3.52. The normalized spacial score (nSPS) is 14.0. The third kappa shape index (κ3) is 5.18. The van der Waals surface area contributed by atoms with Crippen LogP contribution in [0.4, 0.5) is 5.69 Å². The molecule has 0 unspecified atom stereocenters. The number of hydrogen-bond acceptors (Lipinski definition) is 7. The number of anilines is 1. The van der Waals surface area contributed by atoms with Gasteiger partial charge in [0.15, 0.2) is 11.5 Å². The van der Waals surface area contributed by atoms with Gasteiger partial charge in [0.1, 0.15) is 11.5 Å². The van der Waals surface area contributed by atoms with Crippen LogP contribution in [0.25, 0.3) is 11.3 Å². The molecule has 1 saturated heterocycles. The van der Waals surface area contributed by atoms with Crippen LogP contribution in [0, 0.1) is 0 Å². The van der Waals surface area contributed by atoms with Gasteiger partial charge in [0.05, 0.1) is 11.3 Å². The van der Waals surface area contributed by atoms with Crippen molar-refractivity contribution in [2.75, 3.05) is 32.1 Å². The first-order valence-electron chi connectivity index (χ1n) is 8.17. The summed E-state index contributed by atoms with van der Waals surface area (Å²) in [6.07, 6.45) is 1.75. The minimum absolute atomic E-state index is 0. The van der Waals surface area contributed by atoms with Crippen LogP contribution in [0.5, 0.6) is 11.5 Å². The Kier molecular flexibility index (Phi) is 8.20. The van der Waals surface area contributed by atoms with E-state index in [-0.39, 0.29) is 54.0 Å². The number of nitrogens with zero attached hydrogens (tertiary/aromatic N) is 2. The van der Waals surface area contributed by atoms with E-state index in [1.807, 2.05) is 0 Å². The fourth-order valence-electron chi connectivity index (χ4n) is 3.00. The Labute approximate surface area is 169 Å². The highest BCUT2D eigenvalue weighted by Crippen LogP contribution is 2.40. The summed E-state index contributed by atoms with van der Waals surface area (Å²) in [6, 6.07) is 4.35. The predicted octanol–water partition coefficient (Wildman–Crippen LogP) is 2.14. The number of hydrogen-bond donors (Lipinski definition) is 4. The molecule has 2 heterocycles. The Bertz CT molecular complexity index is 776. The topological polar surface area (TPSA) is 111 Å². The summed E-state index contributed by atoms with van der Waals surface area (Å²) in [5.74, 6) is -0.185. The Hall–Kier alpha value is -2.16. The van der Waals surface area contributed by atoms with Crippen LogP contribution in [-0.4, -0.2) is 54.5 Å². The molecule has 1 aliphatic rings. The maximum absolute atomic E-state index is 12.3. The molecule has 1 fully saturated rings. The van der Waals surface area contributed by atoms with Gasteiger partial charge in [0.2, 0.25) is 0 Å². The van der Waals surface area contributed by atoms with Crippen LogP contribution < -0.4 is 15.5 Å². The zero-order valence-electron chi connectivity index (χ0n) is 15.1. The van der Waals surface area contributed by atoms with Gasteiger partial charge in [-0.1, -0.05) is 5.16 Å². The Morgan fingerprint density at radius 3 is 2.52 bits per heavy atom. The van der Waals surface area contributed by atoms with Crippen LogP contribution in [-0.2, 0) is 0 Å². The molecule has 0 radical (unpaired) electrons. The molecule has 0 aliphatic carbocycles. The van der Waals surface area contributed by atoms with Crippen LogP contribution in [0.1, 0.15) is 23.3 Å². The fourth-order valence-corrected chi connectivity index (χ4v) is 3.00. The number of aromatic nitrogens is 1. The van der Waals surface area contributed by atoms with E-state index < -0.39 is 0 Å². The number of aromatic hydroxyl groups is 2. The van der Waals surface area contributed by atoms with Crippen LogP contribution in [0.15, 0.2) is 22.7 Å². The lowest BCUT2D eigenvalue weighted by atomic mass is 10.1. The van der Waals surface area contributed by atoms with Crippen LogP contribution >= 0.6 is 24.8 Å². The van der Waals surface area contributed by atoms with Gasteiger partial charge in [0, 0.05) is 32.3 Å². The second-order valence-corrected chi connectivity index (χ2v) is 6.33.